The molecule has 1 saturated heterocycles. The summed E-state index contributed by atoms with van der Waals surface area (Å²) in [6, 6.07) is 3.84. The summed E-state index contributed by atoms with van der Waals surface area (Å²) in [6.07, 6.45) is -2.09. The van der Waals surface area contributed by atoms with Crippen LogP contribution in [0.4, 0.5) is 18.0 Å². The number of hydrogen-bond donors (Lipinski definition) is 2. The molecule has 1 fully saturated rings. The number of carbonyl (C=O) groups excluding carboxylic acids is 1. The molecule has 2 aromatic heterocycles. The highest BCUT2D eigenvalue weighted by Crippen LogP contribution is 2.32. The zero-order valence-electron chi connectivity index (χ0n) is 15.1. The first-order valence-corrected chi connectivity index (χ1v) is 9.21. The lowest BCUT2D eigenvalue weighted by Gasteiger charge is -2.30. The molecule has 3 rings (SSSR count). The molecular formula is C18H18ClF3N4O3. The SMILES string of the molecule is O=C(NCC1CCN(C(=O)O)CC1)c1cccn1-c1ncc(C(F)(F)F)cc1Cl. The van der Waals surface area contributed by atoms with E-state index in [4.69, 9.17) is 16.7 Å². The molecule has 0 spiro atoms. The Balaban J connectivity index is 1.67. The van der Waals surface area contributed by atoms with Gasteiger partial charge in [-0.05, 0) is 37.0 Å². The van der Waals surface area contributed by atoms with E-state index in [1.807, 2.05) is 0 Å². The number of alkyl halides is 3. The molecule has 0 bridgehead atoms. The third-order valence-corrected chi connectivity index (χ3v) is 5.07. The number of likely N-dealkylation sites (tertiary alicyclic amines) is 1. The van der Waals surface area contributed by atoms with Gasteiger partial charge in [-0.25, -0.2) is 9.78 Å². The van der Waals surface area contributed by atoms with Gasteiger partial charge in [-0.15, -0.1) is 0 Å². The van der Waals surface area contributed by atoms with Crippen molar-refractivity contribution in [2.75, 3.05) is 19.6 Å². The van der Waals surface area contributed by atoms with Gasteiger partial charge in [0, 0.05) is 32.0 Å². The van der Waals surface area contributed by atoms with Gasteiger partial charge in [0.25, 0.3) is 5.91 Å². The Labute approximate surface area is 169 Å². The summed E-state index contributed by atoms with van der Waals surface area (Å²) in [5.74, 6) is -0.260. The third-order valence-electron chi connectivity index (χ3n) is 4.80. The van der Waals surface area contributed by atoms with Crippen LogP contribution in [0.3, 0.4) is 0 Å². The molecule has 156 valence electrons. The van der Waals surface area contributed by atoms with Crippen LogP contribution in [0.2, 0.25) is 5.02 Å². The first-order chi connectivity index (χ1) is 13.7. The predicted octanol–water partition coefficient (Wildman–Crippen LogP) is 3.66. The maximum atomic E-state index is 12.8. The van der Waals surface area contributed by atoms with Gasteiger partial charge >= 0.3 is 12.3 Å². The molecule has 1 aliphatic rings. The van der Waals surface area contributed by atoms with E-state index >= 15 is 0 Å². The molecule has 1 aliphatic heterocycles. The number of amides is 2. The lowest BCUT2D eigenvalue weighted by Crippen LogP contribution is -2.41. The Morgan fingerprint density at radius 2 is 2.00 bits per heavy atom. The molecule has 2 aromatic rings. The fourth-order valence-electron chi connectivity index (χ4n) is 3.17. The summed E-state index contributed by atoms with van der Waals surface area (Å²) in [5.41, 5.74) is -0.792. The number of carboxylic acid groups (broad SMARTS) is 1. The van der Waals surface area contributed by atoms with E-state index in [0.717, 1.165) is 6.07 Å². The molecule has 11 heteroatoms. The number of pyridine rings is 1. The monoisotopic (exact) mass is 430 g/mol. The zero-order chi connectivity index (χ0) is 21.2. The predicted molar refractivity (Wildman–Crippen MR) is 98.2 cm³/mol. The minimum atomic E-state index is -4.57. The van der Waals surface area contributed by atoms with Gasteiger partial charge in [-0.3, -0.25) is 9.36 Å². The Kier molecular flexibility index (Phi) is 6.02. The van der Waals surface area contributed by atoms with E-state index in [2.05, 4.69) is 10.3 Å². The van der Waals surface area contributed by atoms with E-state index < -0.39 is 23.7 Å². The minimum Gasteiger partial charge on any atom is -0.465 e. The van der Waals surface area contributed by atoms with E-state index in [1.54, 1.807) is 6.07 Å². The second-order valence-corrected chi connectivity index (χ2v) is 7.12. The minimum absolute atomic E-state index is 0.0181. The van der Waals surface area contributed by atoms with Gasteiger partial charge < -0.3 is 15.3 Å². The lowest BCUT2D eigenvalue weighted by atomic mass is 9.97. The average Bonchev–Trinajstić information content (AvgIpc) is 3.15. The highest BCUT2D eigenvalue weighted by Gasteiger charge is 2.32. The van der Waals surface area contributed by atoms with E-state index in [9.17, 15) is 22.8 Å². The molecule has 0 atom stereocenters. The van der Waals surface area contributed by atoms with Crippen molar-refractivity contribution in [3.8, 4) is 5.82 Å². The number of hydrogen-bond acceptors (Lipinski definition) is 3. The molecule has 2 N–H and O–H groups in total. The molecule has 0 saturated carbocycles. The van der Waals surface area contributed by atoms with Gasteiger partial charge in [-0.1, -0.05) is 11.6 Å². The van der Waals surface area contributed by atoms with Crippen LogP contribution < -0.4 is 5.32 Å². The standard InChI is InChI=1S/C18H18ClF3N4O3/c19-13-8-12(18(20,21)22)10-23-15(13)26-5-1-2-14(26)16(27)24-9-11-3-6-25(7-4-11)17(28)29/h1-2,5,8,10-11H,3-4,6-7,9H2,(H,24,27)(H,28,29). The summed E-state index contributed by atoms with van der Waals surface area (Å²) in [5, 5.41) is 11.5. The van der Waals surface area contributed by atoms with Gasteiger partial charge in [0.2, 0.25) is 0 Å². The van der Waals surface area contributed by atoms with E-state index in [0.29, 0.717) is 38.7 Å². The number of aromatic nitrogens is 2. The van der Waals surface area contributed by atoms with Crippen LogP contribution in [-0.2, 0) is 6.18 Å². The second kappa shape index (κ2) is 8.32. The summed E-state index contributed by atoms with van der Waals surface area (Å²) in [6.45, 7) is 1.19. The van der Waals surface area contributed by atoms with Crippen molar-refractivity contribution < 1.29 is 27.9 Å². The normalized spacial score (nSPS) is 15.4. The summed E-state index contributed by atoms with van der Waals surface area (Å²) in [7, 11) is 0. The van der Waals surface area contributed by atoms with Crippen LogP contribution in [0.25, 0.3) is 5.82 Å². The smallest absolute Gasteiger partial charge is 0.417 e. The summed E-state index contributed by atoms with van der Waals surface area (Å²) < 4.78 is 39.7. The Bertz CT molecular complexity index is 908. The van der Waals surface area contributed by atoms with Crippen molar-refractivity contribution >= 4 is 23.6 Å². The third kappa shape index (κ3) is 4.81. The quantitative estimate of drug-likeness (QED) is 0.774. The average molecular weight is 431 g/mol. The summed E-state index contributed by atoms with van der Waals surface area (Å²) >= 11 is 5.97. The van der Waals surface area contributed by atoms with Crippen molar-refractivity contribution in [3.63, 3.8) is 0 Å². The Morgan fingerprint density at radius 3 is 2.59 bits per heavy atom. The first kappa shape index (κ1) is 21.0. The second-order valence-electron chi connectivity index (χ2n) is 6.71. The molecule has 7 nitrogen and oxygen atoms in total. The van der Waals surface area contributed by atoms with Gasteiger partial charge in [0.05, 0.1) is 10.6 Å². The zero-order valence-corrected chi connectivity index (χ0v) is 15.9. The fourth-order valence-corrected chi connectivity index (χ4v) is 3.43. The number of rotatable bonds is 4. The number of carbonyl (C=O) groups is 2. The molecule has 2 amide bonds. The van der Waals surface area contributed by atoms with Gasteiger partial charge in [0.15, 0.2) is 5.82 Å². The van der Waals surface area contributed by atoms with E-state index in [1.165, 1.54) is 21.7 Å². The Hall–Kier alpha value is -2.75. The van der Waals surface area contributed by atoms with E-state index in [-0.39, 0.29) is 22.5 Å². The molecular weight excluding hydrogens is 413 g/mol. The Morgan fingerprint density at radius 1 is 1.31 bits per heavy atom. The van der Waals surface area contributed by atoms with Crippen molar-refractivity contribution in [1.29, 1.82) is 0 Å². The number of nitrogens with one attached hydrogen (secondary N) is 1. The molecule has 0 aliphatic carbocycles. The fraction of sp³-hybridized carbons (Fsp3) is 0.389. The topological polar surface area (TPSA) is 87.5 Å². The largest absolute Gasteiger partial charge is 0.465 e. The van der Waals surface area contributed by atoms with Gasteiger partial charge in [0.1, 0.15) is 5.69 Å². The van der Waals surface area contributed by atoms with Gasteiger partial charge in [-0.2, -0.15) is 13.2 Å². The molecule has 0 radical (unpaired) electrons. The number of nitrogens with zero attached hydrogens (tertiary/aromatic N) is 3. The van der Waals surface area contributed by atoms with Crippen LogP contribution >= 0.6 is 11.6 Å². The van der Waals surface area contributed by atoms with Crippen molar-refractivity contribution in [1.82, 2.24) is 19.8 Å². The van der Waals surface area contributed by atoms with Crippen LogP contribution in [0.15, 0.2) is 30.6 Å². The highest BCUT2D eigenvalue weighted by molar-refractivity contribution is 6.32. The van der Waals surface area contributed by atoms with Crippen molar-refractivity contribution in [3.05, 3.63) is 46.9 Å². The molecule has 0 aromatic carbocycles. The van der Waals surface area contributed by atoms with Crippen LogP contribution in [0, 0.1) is 5.92 Å². The maximum absolute atomic E-state index is 12.8. The number of halogens is 4. The summed E-state index contributed by atoms with van der Waals surface area (Å²) in [4.78, 5) is 28.6. The molecule has 3 heterocycles. The molecule has 29 heavy (non-hydrogen) atoms. The van der Waals surface area contributed by atoms with Crippen LogP contribution in [0.1, 0.15) is 28.9 Å². The van der Waals surface area contributed by atoms with Crippen LogP contribution in [0.5, 0.6) is 0 Å². The first-order valence-electron chi connectivity index (χ1n) is 8.83. The van der Waals surface area contributed by atoms with Crippen LogP contribution in [-0.4, -0.2) is 51.2 Å². The molecule has 0 unspecified atom stereocenters. The van der Waals surface area contributed by atoms with Crippen molar-refractivity contribution in [2.24, 2.45) is 5.92 Å². The van der Waals surface area contributed by atoms with Crippen molar-refractivity contribution in [2.45, 2.75) is 19.0 Å². The highest BCUT2D eigenvalue weighted by atomic mass is 35.5. The number of piperidine rings is 1. The lowest BCUT2D eigenvalue weighted by molar-refractivity contribution is -0.137. The maximum Gasteiger partial charge on any atom is 0.417 e.